The number of aliphatic hydroxyl groups is 4. The summed E-state index contributed by atoms with van der Waals surface area (Å²) >= 11 is 0. The van der Waals surface area contributed by atoms with Crippen molar-refractivity contribution in [2.45, 2.75) is 38.3 Å². The Morgan fingerprint density at radius 2 is 1.00 bits per heavy atom. The maximum atomic E-state index is 9.74. The molecule has 0 radical (unpaired) electrons. The van der Waals surface area contributed by atoms with Gasteiger partial charge in [-0.05, 0) is 0 Å². The van der Waals surface area contributed by atoms with Crippen molar-refractivity contribution in [1.29, 1.82) is 0 Å². The number of hydrogen-bond donors (Lipinski definition) is 8. The van der Waals surface area contributed by atoms with Crippen LogP contribution in [0.1, 0.15) is 11.4 Å². The molecule has 0 aromatic carbocycles. The number of imidazole rings is 2. The number of carbonyl (C=O) groups is 4. The molecule has 2 rings (SSSR count). The van der Waals surface area contributed by atoms with Crippen LogP contribution in [0.15, 0.2) is 25.0 Å². The van der Waals surface area contributed by atoms with Crippen LogP contribution in [0.25, 0.3) is 0 Å². The zero-order valence-electron chi connectivity index (χ0n) is 16.8. The predicted molar refractivity (Wildman–Crippen MR) is 93.5 cm³/mol. The van der Waals surface area contributed by atoms with Crippen LogP contribution in [0.3, 0.4) is 0 Å². The number of rotatable bonds is 6. The van der Waals surface area contributed by atoms with Gasteiger partial charge in [0.05, 0.1) is 11.9 Å². The lowest BCUT2D eigenvalue weighted by Gasteiger charge is -2.13. The van der Waals surface area contributed by atoms with Gasteiger partial charge in [-0.15, -0.1) is 0 Å². The summed E-state index contributed by atoms with van der Waals surface area (Å²) in [6, 6.07) is 0. The van der Waals surface area contributed by atoms with Crippen molar-refractivity contribution in [2.24, 2.45) is 0 Å². The number of aliphatic carboxylic acids is 4. The van der Waals surface area contributed by atoms with Crippen molar-refractivity contribution >= 4 is 23.9 Å². The van der Waals surface area contributed by atoms with E-state index in [1.165, 1.54) is 0 Å². The van der Waals surface area contributed by atoms with Crippen molar-refractivity contribution in [3.63, 3.8) is 0 Å². The Balaban J connectivity index is 0. The first-order valence-electron chi connectivity index (χ1n) is 8.34. The van der Waals surface area contributed by atoms with Crippen LogP contribution < -0.4 is 20.2 Å². The third-order valence-corrected chi connectivity index (χ3v) is 2.95. The second kappa shape index (κ2) is 15.9. The van der Waals surface area contributed by atoms with Gasteiger partial charge in [-0.25, -0.2) is 19.6 Å². The standard InChI is InChI=1S/2C4H6N2.2C4H6O6/c2*1-4-2-5-3-6-4;2*5-1(3(7)8)2(6)4(9)10/h2*2-3H,1H3,(H,5,6);2*1-2,5-6H,(H,7,8)(H,9,10)/t;;2*1-,2-/m..11/s1. The van der Waals surface area contributed by atoms with Crippen LogP contribution in [0.5, 0.6) is 0 Å². The van der Waals surface area contributed by atoms with Crippen LogP contribution in [0.2, 0.25) is 0 Å². The monoisotopic (exact) mass is 464 g/mol. The van der Waals surface area contributed by atoms with E-state index in [1.807, 2.05) is 26.2 Å². The summed E-state index contributed by atoms with van der Waals surface area (Å²) < 4.78 is 0. The van der Waals surface area contributed by atoms with Gasteiger partial charge >= 0.3 is 11.9 Å². The topological polar surface area (TPSA) is 296 Å². The molecule has 0 fully saturated rings. The van der Waals surface area contributed by atoms with Gasteiger partial charge in [0.2, 0.25) is 12.7 Å². The largest absolute Gasteiger partial charge is 0.547 e. The summed E-state index contributed by atoms with van der Waals surface area (Å²) in [4.78, 5) is 50.4. The highest BCUT2D eigenvalue weighted by molar-refractivity contribution is 5.82. The Morgan fingerprint density at radius 3 is 1.06 bits per heavy atom. The van der Waals surface area contributed by atoms with Gasteiger partial charge in [0.15, 0.2) is 12.2 Å². The Bertz CT molecular complexity index is 705. The highest BCUT2D eigenvalue weighted by atomic mass is 16.4. The average Bonchev–Trinajstić information content (AvgIpc) is 3.40. The lowest BCUT2D eigenvalue weighted by atomic mass is 10.2. The van der Waals surface area contributed by atoms with Gasteiger partial charge in [-0.1, -0.05) is 0 Å². The summed E-state index contributed by atoms with van der Waals surface area (Å²) in [5.41, 5.74) is 2.32. The number of H-pyrrole nitrogens is 4. The van der Waals surface area contributed by atoms with Gasteiger partial charge in [0, 0.05) is 13.8 Å². The first-order chi connectivity index (χ1) is 14.7. The normalized spacial score (nSPS) is 13.2. The zero-order chi connectivity index (χ0) is 25.4. The van der Waals surface area contributed by atoms with Crippen LogP contribution in [0, 0.1) is 13.8 Å². The van der Waals surface area contributed by atoms with Gasteiger partial charge < -0.3 is 50.4 Å². The van der Waals surface area contributed by atoms with E-state index >= 15 is 0 Å². The van der Waals surface area contributed by atoms with Gasteiger partial charge in [0.25, 0.3) is 0 Å². The van der Waals surface area contributed by atoms with E-state index < -0.39 is 48.3 Å². The highest BCUT2D eigenvalue weighted by Gasteiger charge is 2.24. The molecule has 0 saturated carbocycles. The lowest BCUT2D eigenvalue weighted by Crippen LogP contribution is -2.46. The lowest BCUT2D eigenvalue weighted by molar-refractivity contribution is -0.376. The Labute approximate surface area is 179 Å². The molecule has 10 N–H and O–H groups in total. The fourth-order valence-corrected chi connectivity index (χ4v) is 1.26. The third-order valence-electron chi connectivity index (χ3n) is 2.95. The molecule has 0 aliphatic carbocycles. The maximum absolute atomic E-state index is 9.74. The average molecular weight is 464 g/mol. The third kappa shape index (κ3) is 14.2. The highest BCUT2D eigenvalue weighted by Crippen LogP contribution is 1.91. The van der Waals surface area contributed by atoms with E-state index in [2.05, 4.69) is 19.9 Å². The zero-order valence-corrected chi connectivity index (χ0v) is 16.8. The molecule has 16 heteroatoms. The Kier molecular flexibility index (Phi) is 15.1. The fraction of sp³-hybridized carbons (Fsp3) is 0.375. The molecule has 0 bridgehead atoms. The predicted octanol–water partition coefficient (Wildman–Crippen LogP) is -6.64. The molecule has 16 nitrogen and oxygen atoms in total. The van der Waals surface area contributed by atoms with Crippen LogP contribution in [-0.2, 0) is 19.2 Å². The molecule has 0 spiro atoms. The Morgan fingerprint density at radius 1 is 0.719 bits per heavy atom. The summed E-state index contributed by atoms with van der Waals surface area (Å²) in [6.07, 6.45) is -2.03. The summed E-state index contributed by atoms with van der Waals surface area (Å²) in [5.74, 6) is -7.65. The first kappa shape index (κ1) is 30.3. The van der Waals surface area contributed by atoms with Crippen LogP contribution >= 0.6 is 0 Å². The van der Waals surface area contributed by atoms with Crippen molar-refractivity contribution in [2.75, 3.05) is 0 Å². The number of aryl methyl sites for hydroxylation is 2. The summed E-state index contributed by atoms with van der Waals surface area (Å²) in [7, 11) is 0. The molecule has 180 valence electrons. The van der Waals surface area contributed by atoms with Crippen LogP contribution in [0.4, 0.5) is 0 Å². The number of carboxylic acid groups (broad SMARTS) is 4. The second-order valence-electron chi connectivity index (χ2n) is 5.66. The molecular weight excluding hydrogens is 440 g/mol. The van der Waals surface area contributed by atoms with E-state index in [9.17, 15) is 29.4 Å². The van der Waals surface area contributed by atoms with Crippen molar-refractivity contribution in [3.05, 3.63) is 36.4 Å². The first-order valence-corrected chi connectivity index (χ1v) is 8.34. The smallest absolute Gasteiger partial charge is 0.335 e. The molecule has 2 heterocycles. The molecule has 0 aliphatic heterocycles. The van der Waals surface area contributed by atoms with Crippen molar-refractivity contribution in [3.8, 4) is 0 Å². The van der Waals surface area contributed by atoms with E-state index in [1.54, 1.807) is 12.7 Å². The minimum atomic E-state index is -2.38. The maximum Gasteiger partial charge on any atom is 0.335 e. The number of hydrogen-bond acceptors (Lipinski definition) is 10. The summed E-state index contributed by atoms with van der Waals surface area (Å²) in [5, 5.41) is 68.3. The number of aliphatic hydroxyl groups excluding tert-OH is 4. The SMILES string of the molecule is Cc1c[nH+]c[nH]1.Cc1c[nH+]c[nH]1.O=C([O-])[C@H](O)[C@@H](O)C(=O)O.O=C([O-])[C@H](O)[C@@H](O)C(=O)O. The number of carboxylic acids is 4. The Hall–Kier alpha value is -3.86. The molecule has 0 unspecified atom stereocenters. The van der Waals surface area contributed by atoms with E-state index in [4.69, 9.17) is 30.6 Å². The second-order valence-corrected chi connectivity index (χ2v) is 5.66. The number of aromatic amines is 4. The number of nitrogens with one attached hydrogen (secondary N) is 4. The van der Waals surface area contributed by atoms with E-state index in [0.717, 1.165) is 11.4 Å². The van der Waals surface area contributed by atoms with Crippen molar-refractivity contribution < 1.29 is 70.0 Å². The molecule has 0 saturated heterocycles. The van der Waals surface area contributed by atoms with E-state index in [0.29, 0.717) is 0 Å². The minimum absolute atomic E-state index is 1.16. The van der Waals surface area contributed by atoms with E-state index in [-0.39, 0.29) is 0 Å². The summed E-state index contributed by atoms with van der Waals surface area (Å²) in [6.45, 7) is 3.99. The van der Waals surface area contributed by atoms with Crippen LogP contribution in [-0.4, -0.2) is 88.9 Å². The molecular formula is C16H24N4O12. The van der Waals surface area contributed by atoms with Gasteiger partial charge in [-0.2, -0.15) is 0 Å². The quantitative estimate of drug-likeness (QED) is 0.198. The molecule has 2 aromatic heterocycles. The molecule has 4 atom stereocenters. The van der Waals surface area contributed by atoms with Gasteiger partial charge in [0.1, 0.15) is 36.0 Å². The fourth-order valence-electron chi connectivity index (χ4n) is 1.26. The molecule has 32 heavy (non-hydrogen) atoms. The minimum Gasteiger partial charge on any atom is -0.547 e. The number of aromatic nitrogens is 4. The van der Waals surface area contributed by atoms with Gasteiger partial charge in [-0.3, -0.25) is 9.97 Å². The molecule has 0 aliphatic rings. The molecule has 2 aromatic rings. The number of carbonyl (C=O) groups excluding carboxylic acids is 2. The molecule has 0 amide bonds. The van der Waals surface area contributed by atoms with Crippen molar-refractivity contribution in [1.82, 2.24) is 9.97 Å².